The van der Waals surface area contributed by atoms with Gasteiger partial charge in [-0.2, -0.15) is 0 Å². The summed E-state index contributed by atoms with van der Waals surface area (Å²) in [5.74, 6) is 2.93. The molecule has 2 aromatic carbocycles. The Balaban J connectivity index is 1.42. The molecule has 1 N–H and O–H groups in total. The summed E-state index contributed by atoms with van der Waals surface area (Å²) in [6.45, 7) is 11.2. The fourth-order valence-electron chi connectivity index (χ4n) is 4.84. The van der Waals surface area contributed by atoms with Crippen molar-refractivity contribution in [3.8, 4) is 17.2 Å². The third-order valence-corrected chi connectivity index (χ3v) is 7.27. The lowest BCUT2D eigenvalue weighted by atomic mass is 10.0. The van der Waals surface area contributed by atoms with Crippen LogP contribution < -0.4 is 14.2 Å². The SMILES string of the molecule is COc1cc(CN2CCN(C(C)=O)C[C@](O)(COc3ccc(C)c(C)c3)C2)ccc1OCCn1ccnc1C. The number of nitrogens with zero attached hydrogens (tertiary/aromatic N) is 4. The van der Waals surface area contributed by atoms with Gasteiger partial charge in [0.05, 0.1) is 20.2 Å². The molecule has 0 aliphatic carbocycles. The quantitative estimate of drug-likeness (QED) is 0.425. The third kappa shape index (κ3) is 7.52. The molecule has 1 saturated heterocycles. The number of hydrogen-bond donors (Lipinski definition) is 1. The zero-order valence-corrected chi connectivity index (χ0v) is 23.6. The van der Waals surface area contributed by atoms with Crippen LogP contribution in [0.15, 0.2) is 48.8 Å². The molecule has 1 atom stereocenters. The molecule has 4 rings (SSSR count). The van der Waals surface area contributed by atoms with Gasteiger partial charge in [0.25, 0.3) is 0 Å². The molecule has 210 valence electrons. The molecular weight excluding hydrogens is 496 g/mol. The second kappa shape index (κ2) is 12.5. The zero-order chi connectivity index (χ0) is 28.0. The van der Waals surface area contributed by atoms with Crippen LogP contribution >= 0.6 is 0 Å². The second-order valence-electron chi connectivity index (χ2n) is 10.4. The lowest BCUT2D eigenvalue weighted by Crippen LogP contribution is -2.51. The van der Waals surface area contributed by atoms with E-state index in [1.165, 1.54) is 12.5 Å². The Hall–Kier alpha value is -3.56. The number of methoxy groups -OCH3 is 1. The molecule has 1 aromatic heterocycles. The molecule has 2 heterocycles. The number of aryl methyl sites for hydroxylation is 3. The first-order valence-electron chi connectivity index (χ1n) is 13.3. The van der Waals surface area contributed by atoms with Gasteiger partial charge >= 0.3 is 0 Å². The molecule has 0 radical (unpaired) electrons. The Labute approximate surface area is 230 Å². The van der Waals surface area contributed by atoms with Crippen molar-refractivity contribution in [2.45, 2.75) is 46.4 Å². The molecule has 0 bridgehead atoms. The lowest BCUT2D eigenvalue weighted by molar-refractivity contribution is -0.132. The maximum atomic E-state index is 12.3. The number of carbonyl (C=O) groups excluding carboxylic acids is 1. The third-order valence-electron chi connectivity index (χ3n) is 7.27. The van der Waals surface area contributed by atoms with Crippen LogP contribution in [0.25, 0.3) is 0 Å². The van der Waals surface area contributed by atoms with Crippen LogP contribution in [0.1, 0.15) is 29.4 Å². The van der Waals surface area contributed by atoms with Crippen LogP contribution in [-0.2, 0) is 17.9 Å². The van der Waals surface area contributed by atoms with E-state index >= 15 is 0 Å². The molecule has 0 spiro atoms. The molecular formula is C30H40N4O5. The average Bonchev–Trinajstić information content (AvgIpc) is 3.23. The molecule has 0 unspecified atom stereocenters. The smallest absolute Gasteiger partial charge is 0.219 e. The van der Waals surface area contributed by atoms with Crippen LogP contribution in [0.4, 0.5) is 0 Å². The van der Waals surface area contributed by atoms with Crippen LogP contribution in [-0.4, -0.2) is 82.5 Å². The van der Waals surface area contributed by atoms with E-state index in [4.69, 9.17) is 14.2 Å². The van der Waals surface area contributed by atoms with E-state index in [1.807, 2.05) is 61.0 Å². The minimum Gasteiger partial charge on any atom is -0.493 e. The van der Waals surface area contributed by atoms with Gasteiger partial charge in [0.1, 0.15) is 30.4 Å². The molecule has 1 aliphatic rings. The van der Waals surface area contributed by atoms with E-state index < -0.39 is 5.60 Å². The summed E-state index contributed by atoms with van der Waals surface area (Å²) in [6, 6.07) is 11.8. The Morgan fingerprint density at radius 3 is 2.54 bits per heavy atom. The number of carbonyl (C=O) groups is 1. The highest BCUT2D eigenvalue weighted by Crippen LogP contribution is 2.29. The minimum atomic E-state index is -1.22. The summed E-state index contributed by atoms with van der Waals surface area (Å²) >= 11 is 0. The van der Waals surface area contributed by atoms with Crippen molar-refractivity contribution < 1.29 is 24.1 Å². The minimum absolute atomic E-state index is 0.0597. The van der Waals surface area contributed by atoms with Gasteiger partial charge in [-0.3, -0.25) is 9.69 Å². The van der Waals surface area contributed by atoms with Gasteiger partial charge < -0.3 is 28.8 Å². The van der Waals surface area contributed by atoms with Crippen molar-refractivity contribution in [2.24, 2.45) is 0 Å². The van der Waals surface area contributed by atoms with Crippen molar-refractivity contribution in [3.63, 3.8) is 0 Å². The average molecular weight is 537 g/mol. The second-order valence-corrected chi connectivity index (χ2v) is 10.4. The van der Waals surface area contributed by atoms with E-state index in [9.17, 15) is 9.90 Å². The predicted octanol–water partition coefficient (Wildman–Crippen LogP) is 3.37. The van der Waals surface area contributed by atoms with Gasteiger partial charge in [-0.25, -0.2) is 4.98 Å². The van der Waals surface area contributed by atoms with E-state index in [0.717, 1.165) is 17.0 Å². The number of imidazole rings is 1. The van der Waals surface area contributed by atoms with Crippen molar-refractivity contribution in [1.29, 1.82) is 0 Å². The topological polar surface area (TPSA) is 89.3 Å². The molecule has 9 nitrogen and oxygen atoms in total. The van der Waals surface area contributed by atoms with Gasteiger partial charge in [-0.05, 0) is 61.7 Å². The molecule has 9 heteroatoms. The van der Waals surface area contributed by atoms with Crippen LogP contribution in [0.3, 0.4) is 0 Å². The summed E-state index contributed by atoms with van der Waals surface area (Å²) < 4.78 is 19.7. The van der Waals surface area contributed by atoms with E-state index in [2.05, 4.69) is 16.8 Å². The molecule has 0 saturated carbocycles. The van der Waals surface area contributed by atoms with Crippen LogP contribution in [0, 0.1) is 20.8 Å². The highest BCUT2D eigenvalue weighted by Gasteiger charge is 2.37. The number of rotatable bonds is 10. The number of aliphatic hydroxyl groups is 1. The Kier molecular flexibility index (Phi) is 9.14. The molecule has 1 amide bonds. The first-order valence-corrected chi connectivity index (χ1v) is 13.3. The number of β-amino-alcohol motifs (C(OH)–C–C–N with tert-alkyl or cyclic N) is 1. The highest BCUT2D eigenvalue weighted by molar-refractivity contribution is 5.73. The van der Waals surface area contributed by atoms with E-state index in [-0.39, 0.29) is 19.1 Å². The Bertz CT molecular complexity index is 1280. The number of amides is 1. The molecule has 1 aliphatic heterocycles. The largest absolute Gasteiger partial charge is 0.493 e. The van der Waals surface area contributed by atoms with Gasteiger partial charge in [0.15, 0.2) is 11.5 Å². The number of benzene rings is 2. The fraction of sp³-hybridized carbons (Fsp3) is 0.467. The maximum Gasteiger partial charge on any atom is 0.219 e. The summed E-state index contributed by atoms with van der Waals surface area (Å²) in [6.07, 6.45) is 3.71. The van der Waals surface area contributed by atoms with Crippen LogP contribution in [0.2, 0.25) is 0 Å². The Morgan fingerprint density at radius 2 is 1.85 bits per heavy atom. The summed E-state index contributed by atoms with van der Waals surface area (Å²) in [7, 11) is 1.63. The lowest BCUT2D eigenvalue weighted by Gasteiger charge is -2.33. The standard InChI is InChI=1S/C30H40N4O5/c1-22-6-8-27(16-23(22)2)39-21-30(36)19-32(12-13-34(20-30)25(4)35)18-26-7-9-28(29(17-26)37-5)38-15-14-33-11-10-31-24(33)3/h6-11,16-17,36H,12-15,18-21H2,1-5H3/t30-/m0/s1. The predicted molar refractivity (Wildman–Crippen MR) is 149 cm³/mol. The monoisotopic (exact) mass is 536 g/mol. The molecule has 3 aromatic rings. The van der Waals surface area contributed by atoms with Crippen molar-refractivity contribution in [3.05, 3.63) is 71.3 Å². The number of aromatic nitrogens is 2. The van der Waals surface area contributed by atoms with Gasteiger partial charge in [0, 0.05) is 45.5 Å². The summed E-state index contributed by atoms with van der Waals surface area (Å²) in [4.78, 5) is 20.4. The first-order chi connectivity index (χ1) is 18.7. The highest BCUT2D eigenvalue weighted by atomic mass is 16.5. The normalized spacial score (nSPS) is 18.1. The zero-order valence-electron chi connectivity index (χ0n) is 23.6. The molecule has 1 fully saturated rings. The summed E-state index contributed by atoms with van der Waals surface area (Å²) in [5.41, 5.74) is 2.12. The van der Waals surface area contributed by atoms with E-state index in [0.29, 0.717) is 56.6 Å². The van der Waals surface area contributed by atoms with Crippen LogP contribution in [0.5, 0.6) is 17.2 Å². The Morgan fingerprint density at radius 1 is 1.03 bits per heavy atom. The fourth-order valence-corrected chi connectivity index (χ4v) is 4.84. The number of hydrogen-bond acceptors (Lipinski definition) is 7. The first kappa shape index (κ1) is 28.4. The van der Waals surface area contributed by atoms with Gasteiger partial charge in [-0.1, -0.05) is 12.1 Å². The van der Waals surface area contributed by atoms with E-state index in [1.54, 1.807) is 18.2 Å². The van der Waals surface area contributed by atoms with Gasteiger partial charge in [0.2, 0.25) is 5.91 Å². The van der Waals surface area contributed by atoms with Crippen molar-refractivity contribution in [1.82, 2.24) is 19.4 Å². The van der Waals surface area contributed by atoms with Crippen molar-refractivity contribution in [2.75, 3.05) is 46.5 Å². The van der Waals surface area contributed by atoms with Crippen molar-refractivity contribution >= 4 is 5.91 Å². The molecule has 39 heavy (non-hydrogen) atoms. The number of ether oxygens (including phenoxy) is 3. The van der Waals surface area contributed by atoms with Gasteiger partial charge in [-0.15, -0.1) is 0 Å². The summed E-state index contributed by atoms with van der Waals surface area (Å²) in [5, 5.41) is 11.6. The maximum absolute atomic E-state index is 12.3.